The van der Waals surface area contributed by atoms with Crippen molar-refractivity contribution in [2.45, 2.75) is 37.6 Å². The number of aromatic amines is 1. The maximum Gasteiger partial charge on any atom is 0.221 e. The number of hydrogen-bond donors (Lipinski definition) is 2. The van der Waals surface area contributed by atoms with Gasteiger partial charge in [0.25, 0.3) is 0 Å². The summed E-state index contributed by atoms with van der Waals surface area (Å²) in [5, 5.41) is 10.9. The van der Waals surface area contributed by atoms with E-state index in [4.69, 9.17) is 4.98 Å². The summed E-state index contributed by atoms with van der Waals surface area (Å²) in [6.07, 6.45) is 1.93. The lowest BCUT2D eigenvalue weighted by molar-refractivity contribution is -0.122. The van der Waals surface area contributed by atoms with Gasteiger partial charge in [0.15, 0.2) is 5.82 Å². The van der Waals surface area contributed by atoms with Crippen LogP contribution in [-0.2, 0) is 23.2 Å². The number of aryl methyl sites for hydroxylation is 2. The number of nitrogens with zero attached hydrogens (tertiary/aromatic N) is 2. The second-order valence-corrected chi connectivity index (χ2v) is 9.63. The molecule has 190 valence electrons. The normalized spacial score (nSPS) is 12.1. The van der Waals surface area contributed by atoms with E-state index in [1.54, 1.807) is 0 Å². The number of hydrogen-bond acceptors (Lipinski definition) is 3. The van der Waals surface area contributed by atoms with Gasteiger partial charge in [-0.2, -0.15) is 5.10 Å². The van der Waals surface area contributed by atoms with Crippen molar-refractivity contribution >= 4 is 5.91 Å². The lowest BCUT2D eigenvalue weighted by Crippen LogP contribution is -2.48. The fourth-order valence-corrected chi connectivity index (χ4v) is 4.96. The molecule has 5 aromatic rings. The second-order valence-electron chi connectivity index (χ2n) is 9.63. The molecule has 0 aliphatic heterocycles. The van der Waals surface area contributed by atoms with Crippen LogP contribution in [0.4, 0.5) is 0 Å². The topological polar surface area (TPSA) is 70.7 Å². The number of rotatable bonds is 10. The fraction of sp³-hybridized carbons (Fsp3) is 0.182. The number of carbonyl (C=O) groups excluding carboxylic acids is 1. The minimum absolute atomic E-state index is 0.0651. The fourth-order valence-electron chi connectivity index (χ4n) is 4.96. The first kappa shape index (κ1) is 25.2. The average Bonchev–Trinajstić information content (AvgIpc) is 3.46. The maximum absolute atomic E-state index is 13.7. The first-order valence-corrected chi connectivity index (χ1v) is 13.1. The van der Waals surface area contributed by atoms with Crippen LogP contribution < -0.4 is 5.32 Å². The zero-order chi connectivity index (χ0) is 26.2. The predicted octanol–water partition coefficient (Wildman–Crippen LogP) is 6.19. The van der Waals surface area contributed by atoms with E-state index in [1.165, 1.54) is 5.56 Å². The van der Waals surface area contributed by atoms with Crippen LogP contribution in [0.3, 0.4) is 0 Å². The quantitative estimate of drug-likeness (QED) is 0.225. The standard InChI is InChI=1S/C33H32N4O/c1-25(32-34-30(36-37-32)23-22-26-14-6-2-7-15-26)24-31(38)35-33(27-16-8-3-9-17-27,28-18-10-4-11-19-28)29-20-12-5-13-21-29/h2-21,25H,22-24H2,1H3,(H,35,38)(H,34,36,37)/t25-/m1/s1. The molecule has 38 heavy (non-hydrogen) atoms. The Labute approximate surface area is 224 Å². The lowest BCUT2D eigenvalue weighted by Gasteiger charge is -2.37. The van der Waals surface area contributed by atoms with Crippen molar-refractivity contribution in [3.05, 3.63) is 155 Å². The maximum atomic E-state index is 13.7. The van der Waals surface area contributed by atoms with Crippen LogP contribution in [0.5, 0.6) is 0 Å². The largest absolute Gasteiger partial charge is 0.338 e. The molecule has 0 saturated carbocycles. The Balaban J connectivity index is 1.38. The van der Waals surface area contributed by atoms with Crippen LogP contribution in [-0.4, -0.2) is 21.1 Å². The minimum Gasteiger partial charge on any atom is -0.338 e. The van der Waals surface area contributed by atoms with Gasteiger partial charge in [0.05, 0.1) is 0 Å². The third-order valence-corrected chi connectivity index (χ3v) is 6.92. The highest BCUT2D eigenvalue weighted by Gasteiger charge is 2.38. The molecule has 0 aliphatic carbocycles. The van der Waals surface area contributed by atoms with Crippen LogP contribution in [0.25, 0.3) is 0 Å². The van der Waals surface area contributed by atoms with Crippen molar-refractivity contribution in [2.75, 3.05) is 0 Å². The van der Waals surface area contributed by atoms with Crippen molar-refractivity contribution in [3.8, 4) is 0 Å². The molecule has 0 aliphatic rings. The van der Waals surface area contributed by atoms with E-state index in [9.17, 15) is 4.79 Å². The van der Waals surface area contributed by atoms with Gasteiger partial charge in [-0.1, -0.05) is 128 Å². The highest BCUT2D eigenvalue weighted by atomic mass is 16.1. The molecular weight excluding hydrogens is 468 g/mol. The van der Waals surface area contributed by atoms with Gasteiger partial charge < -0.3 is 5.32 Å². The van der Waals surface area contributed by atoms with Crippen molar-refractivity contribution in [1.29, 1.82) is 0 Å². The Morgan fingerprint density at radius 3 is 1.71 bits per heavy atom. The van der Waals surface area contributed by atoms with E-state index in [2.05, 4.69) is 64.0 Å². The highest BCUT2D eigenvalue weighted by Crippen LogP contribution is 2.37. The number of H-pyrrole nitrogens is 1. The van der Waals surface area contributed by atoms with Crippen LogP contribution in [0.1, 0.15) is 53.2 Å². The van der Waals surface area contributed by atoms with E-state index in [1.807, 2.05) is 79.7 Å². The van der Waals surface area contributed by atoms with Crippen molar-refractivity contribution in [1.82, 2.24) is 20.5 Å². The van der Waals surface area contributed by atoms with Crippen LogP contribution >= 0.6 is 0 Å². The van der Waals surface area contributed by atoms with E-state index in [0.717, 1.165) is 35.4 Å². The molecular formula is C33H32N4O. The molecule has 5 heteroatoms. The number of carbonyl (C=O) groups is 1. The van der Waals surface area contributed by atoms with E-state index in [0.29, 0.717) is 5.82 Å². The predicted molar refractivity (Wildman–Crippen MR) is 151 cm³/mol. The molecule has 0 radical (unpaired) electrons. The smallest absolute Gasteiger partial charge is 0.221 e. The van der Waals surface area contributed by atoms with Crippen LogP contribution in [0.2, 0.25) is 0 Å². The van der Waals surface area contributed by atoms with Gasteiger partial charge in [-0.05, 0) is 28.7 Å². The van der Waals surface area contributed by atoms with Gasteiger partial charge in [0.2, 0.25) is 5.91 Å². The third kappa shape index (κ3) is 5.57. The third-order valence-electron chi connectivity index (χ3n) is 6.92. The number of amides is 1. The van der Waals surface area contributed by atoms with Gasteiger partial charge >= 0.3 is 0 Å². The summed E-state index contributed by atoms with van der Waals surface area (Å²) in [6, 6.07) is 40.8. The summed E-state index contributed by atoms with van der Waals surface area (Å²) >= 11 is 0. The molecule has 1 heterocycles. The molecule has 2 N–H and O–H groups in total. The first-order valence-electron chi connectivity index (χ1n) is 13.1. The Bertz CT molecular complexity index is 1340. The van der Waals surface area contributed by atoms with Crippen molar-refractivity contribution < 1.29 is 4.79 Å². The molecule has 5 nitrogen and oxygen atoms in total. The average molecular weight is 501 g/mol. The highest BCUT2D eigenvalue weighted by molar-refractivity contribution is 5.79. The molecule has 4 aromatic carbocycles. The zero-order valence-electron chi connectivity index (χ0n) is 21.5. The molecule has 1 amide bonds. The molecule has 0 saturated heterocycles. The Morgan fingerprint density at radius 1 is 0.737 bits per heavy atom. The van der Waals surface area contributed by atoms with Gasteiger partial charge in [0.1, 0.15) is 11.4 Å². The molecule has 0 bridgehead atoms. The second kappa shape index (κ2) is 11.7. The number of aromatic nitrogens is 3. The minimum atomic E-state index is -0.833. The number of nitrogens with one attached hydrogen (secondary N) is 2. The van der Waals surface area contributed by atoms with E-state index in [-0.39, 0.29) is 18.2 Å². The molecule has 0 spiro atoms. The molecule has 1 aromatic heterocycles. The van der Waals surface area contributed by atoms with Gasteiger partial charge in [0, 0.05) is 18.8 Å². The Morgan fingerprint density at radius 2 is 1.21 bits per heavy atom. The van der Waals surface area contributed by atoms with Gasteiger partial charge in [-0.15, -0.1) is 0 Å². The van der Waals surface area contributed by atoms with Crippen LogP contribution in [0.15, 0.2) is 121 Å². The van der Waals surface area contributed by atoms with Crippen molar-refractivity contribution in [3.63, 3.8) is 0 Å². The van der Waals surface area contributed by atoms with Gasteiger partial charge in [-0.3, -0.25) is 9.89 Å². The lowest BCUT2D eigenvalue weighted by atomic mass is 9.76. The van der Waals surface area contributed by atoms with Crippen molar-refractivity contribution in [2.24, 2.45) is 0 Å². The Kier molecular flexibility index (Phi) is 7.74. The van der Waals surface area contributed by atoms with E-state index >= 15 is 0 Å². The van der Waals surface area contributed by atoms with E-state index < -0.39 is 5.54 Å². The monoisotopic (exact) mass is 500 g/mol. The Hall–Kier alpha value is -4.51. The first-order chi connectivity index (χ1) is 18.6. The SMILES string of the molecule is C[C@H](CC(=O)NC(c1ccccc1)(c1ccccc1)c1ccccc1)c1n[nH]c(CCc2ccccc2)n1. The summed E-state index contributed by atoms with van der Waals surface area (Å²) in [4.78, 5) is 18.4. The molecule has 5 rings (SSSR count). The summed E-state index contributed by atoms with van der Waals surface area (Å²) in [7, 11) is 0. The van der Waals surface area contributed by atoms with Crippen LogP contribution in [0, 0.1) is 0 Å². The summed E-state index contributed by atoms with van der Waals surface area (Å²) in [5.41, 5.74) is 3.43. The van der Waals surface area contributed by atoms with Gasteiger partial charge in [-0.25, -0.2) is 4.98 Å². The summed E-state index contributed by atoms with van der Waals surface area (Å²) < 4.78 is 0. The molecule has 1 atom stereocenters. The summed E-state index contributed by atoms with van der Waals surface area (Å²) in [6.45, 7) is 2.00. The zero-order valence-corrected chi connectivity index (χ0v) is 21.5. The molecule has 0 fully saturated rings. The number of benzene rings is 4. The molecule has 0 unspecified atom stereocenters. The summed E-state index contributed by atoms with van der Waals surface area (Å²) in [5.74, 6) is 1.29.